The van der Waals surface area contributed by atoms with Crippen molar-refractivity contribution in [2.45, 2.75) is 0 Å². The lowest BCUT2D eigenvalue weighted by molar-refractivity contribution is -0.870. The van der Waals surface area contributed by atoms with Crippen LogP contribution in [-0.2, 0) is 4.52 Å². The average Bonchev–Trinajstić information content (AvgIpc) is 1.59. The van der Waals surface area contributed by atoms with Crippen molar-refractivity contribution in [1.82, 2.24) is 0 Å². The summed E-state index contributed by atoms with van der Waals surface area (Å²) in [6.45, 7) is 2.84. The van der Waals surface area contributed by atoms with Crippen LogP contribution in [0.4, 0.5) is 4.20 Å². The van der Waals surface area contributed by atoms with Crippen LogP contribution in [0.25, 0.3) is 0 Å². The van der Waals surface area contributed by atoms with Crippen LogP contribution in [0.3, 0.4) is 0 Å². The van der Waals surface area contributed by atoms with Gasteiger partial charge in [0.2, 0.25) is 8.46 Å². The van der Waals surface area contributed by atoms with Crippen molar-refractivity contribution in [3.05, 3.63) is 0 Å². The maximum Gasteiger partial charge on any atom is 0.217 e. The molecule has 1 atom stereocenters. The predicted octanol–water partition coefficient (Wildman–Crippen LogP) is 1.62. The first-order valence-corrected chi connectivity index (χ1v) is 4.84. The van der Waals surface area contributed by atoms with Gasteiger partial charge in [0.25, 0.3) is 0 Å². The standard InChI is InChI=1S/C6H16FNOP/c1-8(2,3)5-6-9-10(4)7/h5-6H2,1-4H3/q+1. The smallest absolute Gasteiger partial charge is 0.217 e. The maximum atomic E-state index is 12.1. The molecule has 0 aliphatic heterocycles. The Balaban J connectivity index is 3.21. The number of quaternary nitrogens is 1. The number of nitrogens with zero attached hydrogens (tertiary/aromatic N) is 1. The molecule has 0 saturated heterocycles. The van der Waals surface area contributed by atoms with E-state index in [9.17, 15) is 4.20 Å². The topological polar surface area (TPSA) is 9.23 Å². The summed E-state index contributed by atoms with van der Waals surface area (Å²) in [5, 5.41) is 0. The van der Waals surface area contributed by atoms with E-state index in [0.29, 0.717) is 6.61 Å². The lowest BCUT2D eigenvalue weighted by atomic mass is 10.5. The van der Waals surface area contributed by atoms with Gasteiger partial charge in [0, 0.05) is 6.66 Å². The molecule has 1 unspecified atom stereocenters. The van der Waals surface area contributed by atoms with E-state index in [-0.39, 0.29) is 0 Å². The minimum atomic E-state index is -1.66. The first-order chi connectivity index (χ1) is 4.42. The summed E-state index contributed by atoms with van der Waals surface area (Å²) in [5.41, 5.74) is 0. The van der Waals surface area contributed by atoms with Crippen molar-refractivity contribution in [2.75, 3.05) is 41.0 Å². The second-order valence-corrected chi connectivity index (χ2v) is 4.37. The molecule has 0 bridgehead atoms. The Bertz CT molecular complexity index is 92.2. The molecule has 0 aliphatic carbocycles. The number of hydrogen-bond donors (Lipinski definition) is 0. The Kier molecular flexibility index (Phi) is 4.34. The highest BCUT2D eigenvalue weighted by Gasteiger charge is 2.07. The summed E-state index contributed by atoms with van der Waals surface area (Å²) < 4.78 is 17.7. The molecule has 0 aromatic heterocycles. The first kappa shape index (κ1) is 10.3. The van der Waals surface area contributed by atoms with Crippen LogP contribution in [0.1, 0.15) is 0 Å². The molecule has 0 fully saturated rings. The summed E-state index contributed by atoms with van der Waals surface area (Å²) in [7, 11) is 4.50. The molecule has 0 N–H and O–H groups in total. The Morgan fingerprint density at radius 1 is 1.40 bits per heavy atom. The molecule has 0 spiro atoms. The van der Waals surface area contributed by atoms with E-state index < -0.39 is 8.46 Å². The van der Waals surface area contributed by atoms with Crippen molar-refractivity contribution in [3.63, 3.8) is 0 Å². The molecule has 0 aromatic rings. The fraction of sp³-hybridized carbons (Fsp3) is 1.00. The molecule has 0 radical (unpaired) electrons. The van der Waals surface area contributed by atoms with Gasteiger partial charge >= 0.3 is 0 Å². The van der Waals surface area contributed by atoms with E-state index in [1.165, 1.54) is 6.66 Å². The highest BCUT2D eigenvalue weighted by molar-refractivity contribution is 7.45. The van der Waals surface area contributed by atoms with Gasteiger partial charge in [-0.25, -0.2) is 0 Å². The SMILES string of the molecule is CP(F)OCC[N+](C)(C)C. The van der Waals surface area contributed by atoms with E-state index in [1.807, 2.05) is 0 Å². The van der Waals surface area contributed by atoms with Crippen molar-refractivity contribution in [3.8, 4) is 0 Å². The van der Waals surface area contributed by atoms with E-state index in [1.54, 1.807) is 0 Å². The van der Waals surface area contributed by atoms with E-state index in [4.69, 9.17) is 4.52 Å². The zero-order chi connectivity index (χ0) is 8.20. The number of hydrogen-bond acceptors (Lipinski definition) is 1. The van der Waals surface area contributed by atoms with Crippen LogP contribution >= 0.6 is 8.46 Å². The van der Waals surface area contributed by atoms with Crippen LogP contribution in [0.15, 0.2) is 0 Å². The highest BCUT2D eigenvalue weighted by Crippen LogP contribution is 2.32. The van der Waals surface area contributed by atoms with Gasteiger partial charge in [0.1, 0.15) is 13.2 Å². The van der Waals surface area contributed by atoms with Gasteiger partial charge in [0.15, 0.2) is 0 Å². The fourth-order valence-corrected chi connectivity index (χ4v) is 0.774. The Hall–Kier alpha value is 0.280. The van der Waals surface area contributed by atoms with E-state index in [0.717, 1.165) is 11.0 Å². The Morgan fingerprint density at radius 3 is 2.20 bits per heavy atom. The van der Waals surface area contributed by atoms with Gasteiger partial charge in [-0.2, -0.15) is 4.20 Å². The minimum absolute atomic E-state index is 0.516. The van der Waals surface area contributed by atoms with Gasteiger partial charge < -0.3 is 9.01 Å². The summed E-state index contributed by atoms with van der Waals surface area (Å²) in [6, 6.07) is 0. The lowest BCUT2D eigenvalue weighted by Crippen LogP contribution is -2.37. The molecule has 0 saturated carbocycles. The van der Waals surface area contributed by atoms with Gasteiger partial charge in [0.05, 0.1) is 21.1 Å². The zero-order valence-electron chi connectivity index (χ0n) is 7.09. The van der Waals surface area contributed by atoms with Crippen molar-refractivity contribution < 1.29 is 13.2 Å². The Morgan fingerprint density at radius 2 is 1.90 bits per heavy atom. The molecule has 62 valence electrons. The first-order valence-electron chi connectivity index (χ1n) is 3.25. The normalized spacial score (nSPS) is 15.3. The highest BCUT2D eigenvalue weighted by atomic mass is 31.2. The number of rotatable bonds is 4. The molecule has 0 amide bonds. The molecule has 0 aliphatic rings. The molecule has 0 heterocycles. The average molecular weight is 168 g/mol. The third-order valence-electron chi connectivity index (χ3n) is 1.03. The quantitative estimate of drug-likeness (QED) is 0.458. The van der Waals surface area contributed by atoms with Gasteiger partial charge in [-0.1, -0.05) is 0 Å². The zero-order valence-corrected chi connectivity index (χ0v) is 7.99. The molecule has 4 heteroatoms. The van der Waals surface area contributed by atoms with E-state index >= 15 is 0 Å². The summed E-state index contributed by atoms with van der Waals surface area (Å²) in [5.74, 6) is 0. The molecule has 10 heavy (non-hydrogen) atoms. The van der Waals surface area contributed by atoms with Crippen LogP contribution < -0.4 is 0 Å². The van der Waals surface area contributed by atoms with Crippen molar-refractivity contribution >= 4 is 8.46 Å². The van der Waals surface area contributed by atoms with Crippen LogP contribution in [0, 0.1) is 0 Å². The van der Waals surface area contributed by atoms with E-state index in [2.05, 4.69) is 21.1 Å². The summed E-state index contributed by atoms with van der Waals surface area (Å²) in [6.07, 6.45) is 0. The van der Waals surface area contributed by atoms with Crippen LogP contribution in [-0.4, -0.2) is 45.4 Å². The van der Waals surface area contributed by atoms with Crippen molar-refractivity contribution in [1.29, 1.82) is 0 Å². The molecule has 0 rings (SSSR count). The third kappa shape index (κ3) is 8.28. The van der Waals surface area contributed by atoms with Crippen LogP contribution in [0.2, 0.25) is 0 Å². The van der Waals surface area contributed by atoms with Gasteiger partial charge in [-0.3, -0.25) is 0 Å². The fourth-order valence-electron chi connectivity index (χ4n) is 0.440. The van der Waals surface area contributed by atoms with Crippen LogP contribution in [0.5, 0.6) is 0 Å². The van der Waals surface area contributed by atoms with Gasteiger partial charge in [-0.15, -0.1) is 0 Å². The maximum absolute atomic E-state index is 12.1. The monoisotopic (exact) mass is 168 g/mol. The molecule has 2 nitrogen and oxygen atoms in total. The molecular formula is C6H16FNOP+. The largest absolute Gasteiger partial charge is 0.329 e. The third-order valence-corrected chi connectivity index (χ3v) is 1.57. The second kappa shape index (κ2) is 4.22. The van der Waals surface area contributed by atoms with Gasteiger partial charge in [-0.05, 0) is 0 Å². The Labute approximate surface area is 63.5 Å². The number of halogens is 1. The summed E-state index contributed by atoms with van der Waals surface area (Å²) in [4.78, 5) is 0. The summed E-state index contributed by atoms with van der Waals surface area (Å²) >= 11 is 0. The lowest BCUT2D eigenvalue weighted by Gasteiger charge is -2.23. The molecular weight excluding hydrogens is 152 g/mol. The second-order valence-electron chi connectivity index (χ2n) is 3.27. The predicted molar refractivity (Wildman–Crippen MR) is 42.8 cm³/mol. The minimum Gasteiger partial charge on any atom is -0.329 e. The molecule has 0 aromatic carbocycles. The van der Waals surface area contributed by atoms with Crippen molar-refractivity contribution in [2.24, 2.45) is 0 Å². The number of likely N-dealkylation sites (N-methyl/N-ethyl adjacent to an activating group) is 1.